The van der Waals surface area contributed by atoms with Crippen molar-refractivity contribution in [3.8, 4) is 17.2 Å². The second-order valence-electron chi connectivity index (χ2n) is 16.7. The molecule has 25 nitrogen and oxygen atoms in total. The molecule has 0 spiro atoms. The van der Waals surface area contributed by atoms with E-state index in [0.29, 0.717) is 16.7 Å². The molecule has 6 rings (SSSR count). The lowest BCUT2D eigenvalue weighted by Gasteiger charge is -2.39. The van der Waals surface area contributed by atoms with E-state index in [1.54, 1.807) is 0 Å². The summed E-state index contributed by atoms with van der Waals surface area (Å²) >= 11 is 0. The van der Waals surface area contributed by atoms with Gasteiger partial charge in [0.05, 0.1) is 32.7 Å². The Morgan fingerprint density at radius 3 is 0.957 bits per heavy atom. The van der Waals surface area contributed by atoms with Crippen molar-refractivity contribution in [1.82, 2.24) is 0 Å². The Hall–Kier alpha value is -5.17. The number of rotatable bonds is 20. The highest BCUT2D eigenvalue weighted by Crippen LogP contribution is 2.29. The van der Waals surface area contributed by atoms with E-state index in [9.17, 15) is 80.8 Å². The molecule has 3 heterocycles. The Balaban J connectivity index is 1.07. The van der Waals surface area contributed by atoms with Crippen LogP contribution in [0.15, 0.2) is 72.8 Å². The maximum atomic E-state index is 13.6. The molecular formula is C45H56O25. The van der Waals surface area contributed by atoms with Crippen LogP contribution in [0, 0.1) is 0 Å². The van der Waals surface area contributed by atoms with Crippen LogP contribution in [0.3, 0.4) is 0 Å². The first kappa shape index (κ1) is 54.2. The molecule has 15 atom stereocenters. The number of hydrogen-bond donors (Lipinski definition) is 13. The van der Waals surface area contributed by atoms with Gasteiger partial charge >= 0.3 is 17.9 Å². The predicted octanol–water partition coefficient (Wildman–Crippen LogP) is -4.74. The zero-order valence-corrected chi connectivity index (χ0v) is 37.0. The van der Waals surface area contributed by atoms with Gasteiger partial charge in [0.1, 0.15) is 110 Å². The molecular weight excluding hydrogens is 940 g/mol. The lowest BCUT2D eigenvalue weighted by atomic mass is 9.95. The van der Waals surface area contributed by atoms with Crippen molar-refractivity contribution in [2.45, 2.75) is 130 Å². The Morgan fingerprint density at radius 2 is 0.686 bits per heavy atom. The minimum atomic E-state index is -2.85. The second-order valence-corrected chi connectivity index (χ2v) is 16.7. The third-order valence-electron chi connectivity index (χ3n) is 11.5. The molecule has 70 heavy (non-hydrogen) atoms. The van der Waals surface area contributed by atoms with E-state index in [4.69, 9.17) is 42.6 Å². The van der Waals surface area contributed by atoms with Gasteiger partial charge in [0.25, 0.3) is 0 Å². The Morgan fingerprint density at radius 1 is 0.414 bits per heavy atom. The molecule has 3 aromatic carbocycles. The van der Waals surface area contributed by atoms with E-state index in [2.05, 4.69) is 0 Å². The van der Waals surface area contributed by atoms with Crippen LogP contribution in [0.4, 0.5) is 0 Å². The fourth-order valence-corrected chi connectivity index (χ4v) is 7.29. The van der Waals surface area contributed by atoms with Gasteiger partial charge in [-0.15, -0.1) is 0 Å². The average molecular weight is 997 g/mol. The SMILES string of the molecule is O=C(CC(O)(CC(=O)OCc1ccc(OC2OC(CO)C(O)C(O)C2O)cc1)C(=O)OCc1ccc(OC2OC(CO)C(O)C(O)C2O)cc1)OCc1ccc(OC2OC(CO)C(O)C(O)C2O)cc1. The summed E-state index contributed by atoms with van der Waals surface area (Å²) in [6.45, 7) is -3.36. The van der Waals surface area contributed by atoms with Gasteiger partial charge < -0.3 is 109 Å². The van der Waals surface area contributed by atoms with Crippen LogP contribution in [0.25, 0.3) is 0 Å². The van der Waals surface area contributed by atoms with Gasteiger partial charge in [-0.1, -0.05) is 36.4 Å². The van der Waals surface area contributed by atoms with E-state index in [0.717, 1.165) is 0 Å². The summed E-state index contributed by atoms with van der Waals surface area (Å²) in [6, 6.07) is 16.9. The Bertz CT molecular complexity index is 2040. The third-order valence-corrected chi connectivity index (χ3v) is 11.5. The smallest absolute Gasteiger partial charge is 0.339 e. The van der Waals surface area contributed by atoms with Gasteiger partial charge in [-0.05, 0) is 53.1 Å². The summed E-state index contributed by atoms with van der Waals surface area (Å²) in [4.78, 5) is 39.9. The topological polar surface area (TPSA) is 397 Å². The number of carbonyl (C=O) groups is 3. The van der Waals surface area contributed by atoms with Crippen molar-refractivity contribution >= 4 is 17.9 Å². The normalized spacial score (nSPS) is 31.9. The summed E-state index contributed by atoms with van der Waals surface area (Å²) in [7, 11) is 0. The van der Waals surface area contributed by atoms with Gasteiger partial charge in [-0.25, -0.2) is 4.79 Å². The number of esters is 3. The highest BCUT2D eigenvalue weighted by molar-refractivity contribution is 5.90. The number of carbonyl (C=O) groups excluding carboxylic acids is 3. The van der Waals surface area contributed by atoms with E-state index in [1.807, 2.05) is 0 Å². The molecule has 386 valence electrons. The molecule has 3 saturated heterocycles. The number of aliphatic hydroxyl groups excluding tert-OH is 12. The minimum absolute atomic E-state index is 0.0911. The fraction of sp³-hybridized carbons (Fsp3) is 0.533. The summed E-state index contributed by atoms with van der Waals surface area (Å²) < 4.78 is 48.6. The van der Waals surface area contributed by atoms with Crippen molar-refractivity contribution in [3.63, 3.8) is 0 Å². The first-order valence-electron chi connectivity index (χ1n) is 21.7. The van der Waals surface area contributed by atoms with Gasteiger partial charge in [0.15, 0.2) is 5.60 Å². The maximum absolute atomic E-state index is 13.6. The molecule has 0 amide bonds. The minimum Gasteiger partial charge on any atom is -0.462 e. The van der Waals surface area contributed by atoms with Gasteiger partial charge in [0.2, 0.25) is 18.9 Å². The first-order chi connectivity index (χ1) is 33.3. The van der Waals surface area contributed by atoms with Crippen LogP contribution in [0.2, 0.25) is 0 Å². The van der Waals surface area contributed by atoms with Crippen LogP contribution in [0.1, 0.15) is 29.5 Å². The van der Waals surface area contributed by atoms with Crippen molar-refractivity contribution in [1.29, 1.82) is 0 Å². The number of aliphatic hydroxyl groups is 13. The molecule has 0 aromatic heterocycles. The lowest BCUT2D eigenvalue weighted by molar-refractivity contribution is -0.277. The first-order valence-corrected chi connectivity index (χ1v) is 21.7. The fourth-order valence-electron chi connectivity index (χ4n) is 7.29. The van der Waals surface area contributed by atoms with E-state index >= 15 is 0 Å². The third kappa shape index (κ3) is 13.4. The van der Waals surface area contributed by atoms with Crippen LogP contribution in [-0.4, -0.2) is 202 Å². The van der Waals surface area contributed by atoms with Crippen molar-refractivity contribution in [3.05, 3.63) is 89.5 Å². The number of hydrogen-bond acceptors (Lipinski definition) is 25. The number of ether oxygens (including phenoxy) is 9. The summed E-state index contributed by atoms with van der Waals surface area (Å²) in [5.74, 6) is -3.41. The molecule has 3 aromatic rings. The number of benzene rings is 3. The van der Waals surface area contributed by atoms with E-state index in [-0.39, 0.29) is 17.2 Å². The molecule has 3 fully saturated rings. The standard InChI is InChI=1S/C45H56O25/c46-15-27-32(51)35(54)38(57)41(68-27)65-24-7-1-21(2-8-24)18-62-30(49)13-45(61,44(60)64-20-23-5-11-26(12-6-23)67-43-40(59)37(56)34(53)29(17-48)70-43)14-31(50)63-19-22-3-9-25(10-4-22)66-42-39(58)36(55)33(52)28(16-47)69-42/h1-12,27-29,32-43,46-48,51-59,61H,13-20H2. The van der Waals surface area contributed by atoms with Crippen molar-refractivity contribution in [2.24, 2.45) is 0 Å². The quantitative estimate of drug-likeness (QED) is 0.0373. The second kappa shape index (κ2) is 24.3. The monoisotopic (exact) mass is 996 g/mol. The highest BCUT2D eigenvalue weighted by atomic mass is 16.7. The maximum Gasteiger partial charge on any atom is 0.339 e. The highest BCUT2D eigenvalue weighted by Gasteiger charge is 2.48. The summed E-state index contributed by atoms with van der Waals surface area (Å²) in [5, 5.41) is 131. The van der Waals surface area contributed by atoms with Gasteiger partial charge in [-0.2, -0.15) is 0 Å². The molecule has 0 bridgehead atoms. The zero-order chi connectivity index (χ0) is 50.9. The largest absolute Gasteiger partial charge is 0.462 e. The molecule has 3 aliphatic rings. The lowest BCUT2D eigenvalue weighted by Crippen LogP contribution is -2.60. The molecule has 15 unspecified atom stereocenters. The van der Waals surface area contributed by atoms with Gasteiger partial charge in [0, 0.05) is 0 Å². The van der Waals surface area contributed by atoms with Crippen LogP contribution in [-0.2, 0) is 62.6 Å². The molecule has 3 aliphatic heterocycles. The van der Waals surface area contributed by atoms with Crippen LogP contribution < -0.4 is 14.2 Å². The molecule has 25 heteroatoms. The molecule has 0 aliphatic carbocycles. The molecule has 13 N–H and O–H groups in total. The van der Waals surface area contributed by atoms with E-state index in [1.165, 1.54) is 72.8 Å². The average Bonchev–Trinajstić information content (AvgIpc) is 3.35. The van der Waals surface area contributed by atoms with Crippen molar-refractivity contribution in [2.75, 3.05) is 19.8 Å². The summed E-state index contributed by atoms with van der Waals surface area (Å²) in [5.41, 5.74) is -1.82. The predicted molar refractivity (Wildman–Crippen MR) is 226 cm³/mol. The molecule has 0 radical (unpaired) electrons. The molecule has 0 saturated carbocycles. The van der Waals surface area contributed by atoms with Crippen LogP contribution >= 0.6 is 0 Å². The Kier molecular flexibility index (Phi) is 18.8. The van der Waals surface area contributed by atoms with Gasteiger partial charge in [-0.3, -0.25) is 9.59 Å². The zero-order valence-electron chi connectivity index (χ0n) is 37.0. The summed E-state index contributed by atoms with van der Waals surface area (Å²) in [6.07, 6.45) is -25.1. The van der Waals surface area contributed by atoms with Crippen molar-refractivity contribution < 1.29 is 123 Å². The van der Waals surface area contributed by atoms with Crippen LogP contribution in [0.5, 0.6) is 17.2 Å². The van der Waals surface area contributed by atoms with E-state index < -0.39 is 168 Å². The Labute approximate surface area is 397 Å².